The molecule has 0 aliphatic heterocycles. The molecule has 0 saturated heterocycles. The first-order valence-corrected chi connectivity index (χ1v) is 9.27. The molecule has 1 aromatic rings. The summed E-state index contributed by atoms with van der Waals surface area (Å²) in [4.78, 5) is 44.1. The molecule has 0 spiro atoms. The Morgan fingerprint density at radius 3 is 2.32 bits per heavy atom. The van der Waals surface area contributed by atoms with Crippen LogP contribution in [0.1, 0.15) is 52.1 Å². The maximum Gasteiger partial charge on any atom is 0.407 e. The first-order valence-electron chi connectivity index (χ1n) is 9.27. The normalized spacial score (nSPS) is 19.8. The molecule has 1 heterocycles. The van der Waals surface area contributed by atoms with E-state index in [-0.39, 0.29) is 18.4 Å². The van der Waals surface area contributed by atoms with E-state index in [1.807, 2.05) is 0 Å². The zero-order valence-electron chi connectivity index (χ0n) is 17.0. The van der Waals surface area contributed by atoms with Gasteiger partial charge in [0.25, 0.3) is 0 Å². The predicted molar refractivity (Wildman–Crippen MR) is 99.4 cm³/mol. The van der Waals surface area contributed by atoms with E-state index >= 15 is 0 Å². The minimum Gasteiger partial charge on any atom is -0.468 e. The molecule has 1 aliphatic rings. The van der Waals surface area contributed by atoms with Gasteiger partial charge in [-0.1, -0.05) is 0 Å². The molecule has 0 unspecified atom stereocenters. The van der Waals surface area contributed by atoms with Gasteiger partial charge < -0.3 is 24.5 Å². The molecule has 9 nitrogen and oxygen atoms in total. The average Bonchev–Trinajstić information content (AvgIpc) is 3.28. The lowest BCUT2D eigenvalue weighted by atomic mass is 9.76. The van der Waals surface area contributed by atoms with Gasteiger partial charge in [0.2, 0.25) is 5.41 Å². The highest BCUT2D eigenvalue weighted by Gasteiger charge is 2.53. The van der Waals surface area contributed by atoms with Crippen LogP contribution in [0.5, 0.6) is 0 Å². The summed E-state index contributed by atoms with van der Waals surface area (Å²) in [6, 6.07) is -0.0883. The zero-order chi connectivity index (χ0) is 20.9. The largest absolute Gasteiger partial charge is 0.468 e. The van der Waals surface area contributed by atoms with Gasteiger partial charge in [-0.2, -0.15) is 0 Å². The number of carbonyl (C=O) groups is 3. The molecule has 28 heavy (non-hydrogen) atoms. The third-order valence-corrected chi connectivity index (χ3v) is 4.88. The van der Waals surface area contributed by atoms with Crippen molar-refractivity contribution in [2.75, 3.05) is 14.2 Å². The van der Waals surface area contributed by atoms with E-state index in [1.165, 1.54) is 26.7 Å². The highest BCUT2D eigenvalue weighted by molar-refractivity contribution is 6.05. The van der Waals surface area contributed by atoms with E-state index in [2.05, 4.69) is 15.3 Å². The van der Waals surface area contributed by atoms with Crippen LogP contribution in [0.2, 0.25) is 0 Å². The third-order valence-electron chi connectivity index (χ3n) is 4.88. The molecule has 1 saturated carbocycles. The number of nitrogens with one attached hydrogen (secondary N) is 2. The number of ether oxygens (including phenoxy) is 3. The summed E-state index contributed by atoms with van der Waals surface area (Å²) >= 11 is 0. The number of esters is 2. The maximum atomic E-state index is 12.7. The number of H-pyrrole nitrogens is 1. The molecule has 1 fully saturated rings. The van der Waals surface area contributed by atoms with Crippen molar-refractivity contribution in [1.29, 1.82) is 0 Å². The monoisotopic (exact) mass is 395 g/mol. The van der Waals surface area contributed by atoms with Gasteiger partial charge >= 0.3 is 18.0 Å². The standard InChI is InChI=1S/C19H29N3O6/c1-18(2,3)28-17(25)22-13-7-6-12(8-13)9-19(15(23)26-4,16(24)27-5)14-10-20-11-21-14/h10-13H,6-9H2,1-5H3,(H,20,21)(H,22,25)/t12-,13+/m1/s1. The molecule has 0 aromatic carbocycles. The van der Waals surface area contributed by atoms with E-state index in [9.17, 15) is 14.4 Å². The fraction of sp³-hybridized carbons (Fsp3) is 0.684. The lowest BCUT2D eigenvalue weighted by Gasteiger charge is -2.29. The van der Waals surface area contributed by atoms with Crippen LogP contribution in [0.4, 0.5) is 4.79 Å². The second-order valence-corrected chi connectivity index (χ2v) is 8.08. The van der Waals surface area contributed by atoms with Crippen LogP contribution in [0.3, 0.4) is 0 Å². The summed E-state index contributed by atoms with van der Waals surface area (Å²) in [7, 11) is 2.47. The second kappa shape index (κ2) is 8.62. The molecule has 9 heteroatoms. The molecular weight excluding hydrogens is 366 g/mol. The SMILES string of the molecule is COC(=O)C(C[C@@H]1CC[C@H](NC(=O)OC(C)(C)C)C1)(C(=O)OC)c1cnc[nH]1. The fourth-order valence-corrected chi connectivity index (χ4v) is 3.72. The Balaban J connectivity index is 2.14. The molecule has 1 amide bonds. The molecule has 1 aliphatic carbocycles. The summed E-state index contributed by atoms with van der Waals surface area (Å²) in [6.45, 7) is 5.40. The number of hydrogen-bond donors (Lipinski definition) is 2. The van der Waals surface area contributed by atoms with E-state index < -0.39 is 29.0 Å². The highest BCUT2D eigenvalue weighted by Crippen LogP contribution is 2.39. The van der Waals surface area contributed by atoms with Gasteiger partial charge in [0.15, 0.2) is 0 Å². The summed E-state index contributed by atoms with van der Waals surface area (Å²) in [6.07, 6.45) is 4.63. The third kappa shape index (κ3) is 4.82. The minimum atomic E-state index is -1.62. The molecule has 1 aromatic heterocycles. The Bertz CT molecular complexity index is 679. The Kier molecular flexibility index (Phi) is 6.69. The zero-order valence-corrected chi connectivity index (χ0v) is 17.0. The number of imidazole rings is 1. The molecule has 2 rings (SSSR count). The predicted octanol–water partition coefficient (Wildman–Crippen LogP) is 2.08. The lowest BCUT2D eigenvalue weighted by Crippen LogP contribution is -2.47. The average molecular weight is 395 g/mol. The van der Waals surface area contributed by atoms with Crippen LogP contribution < -0.4 is 5.32 Å². The number of carbonyl (C=O) groups excluding carboxylic acids is 3. The maximum absolute atomic E-state index is 12.7. The Morgan fingerprint density at radius 1 is 1.18 bits per heavy atom. The smallest absolute Gasteiger partial charge is 0.407 e. The number of amides is 1. The van der Waals surface area contributed by atoms with Gasteiger partial charge in [-0.15, -0.1) is 0 Å². The summed E-state index contributed by atoms with van der Waals surface area (Å²) in [5.74, 6) is -1.40. The van der Waals surface area contributed by atoms with Crippen LogP contribution in [-0.2, 0) is 29.2 Å². The van der Waals surface area contributed by atoms with Crippen LogP contribution in [0.25, 0.3) is 0 Å². The van der Waals surface area contributed by atoms with E-state index in [0.29, 0.717) is 12.1 Å². The van der Waals surface area contributed by atoms with Gasteiger partial charge in [0, 0.05) is 12.2 Å². The van der Waals surface area contributed by atoms with Crippen LogP contribution in [-0.4, -0.2) is 53.9 Å². The van der Waals surface area contributed by atoms with Crippen LogP contribution in [0.15, 0.2) is 12.5 Å². The number of alkyl carbamates (subject to hydrolysis) is 1. The van der Waals surface area contributed by atoms with Crippen LogP contribution >= 0.6 is 0 Å². The van der Waals surface area contributed by atoms with E-state index in [1.54, 1.807) is 20.8 Å². The molecule has 2 atom stereocenters. The van der Waals surface area contributed by atoms with Crippen molar-refractivity contribution in [1.82, 2.24) is 15.3 Å². The minimum absolute atomic E-state index is 0.00133. The first-order chi connectivity index (χ1) is 13.1. The molecule has 2 N–H and O–H groups in total. The number of rotatable bonds is 6. The Morgan fingerprint density at radius 2 is 1.82 bits per heavy atom. The van der Waals surface area contributed by atoms with Crippen molar-refractivity contribution in [3.8, 4) is 0 Å². The van der Waals surface area contributed by atoms with E-state index in [0.717, 1.165) is 12.8 Å². The summed E-state index contributed by atoms with van der Waals surface area (Å²) < 4.78 is 15.2. The molecule has 0 bridgehead atoms. The molecule has 156 valence electrons. The fourth-order valence-electron chi connectivity index (χ4n) is 3.72. The number of aromatic nitrogens is 2. The molecule has 0 radical (unpaired) electrons. The van der Waals surface area contributed by atoms with Crippen molar-refractivity contribution in [2.45, 2.75) is 63.5 Å². The van der Waals surface area contributed by atoms with Gasteiger partial charge in [-0.25, -0.2) is 9.78 Å². The van der Waals surface area contributed by atoms with Gasteiger partial charge in [-0.3, -0.25) is 9.59 Å². The Labute approximate surface area is 164 Å². The van der Waals surface area contributed by atoms with Crippen molar-refractivity contribution >= 4 is 18.0 Å². The first kappa shape index (κ1) is 21.7. The van der Waals surface area contributed by atoms with E-state index in [4.69, 9.17) is 14.2 Å². The van der Waals surface area contributed by atoms with Gasteiger partial charge in [0.05, 0.1) is 26.2 Å². The number of hydrogen-bond acceptors (Lipinski definition) is 7. The van der Waals surface area contributed by atoms with Crippen molar-refractivity contribution in [2.24, 2.45) is 5.92 Å². The quantitative estimate of drug-likeness (QED) is 0.430. The topological polar surface area (TPSA) is 120 Å². The van der Waals surface area contributed by atoms with Crippen molar-refractivity contribution < 1.29 is 28.6 Å². The molecular formula is C19H29N3O6. The number of nitrogens with zero attached hydrogens (tertiary/aromatic N) is 1. The summed E-state index contributed by atoms with van der Waals surface area (Å²) in [5.41, 5.74) is -1.87. The van der Waals surface area contributed by atoms with Crippen molar-refractivity contribution in [3.63, 3.8) is 0 Å². The van der Waals surface area contributed by atoms with Gasteiger partial charge in [-0.05, 0) is 52.4 Å². The lowest BCUT2D eigenvalue weighted by molar-refractivity contribution is -0.163. The second-order valence-electron chi connectivity index (χ2n) is 8.08. The summed E-state index contributed by atoms with van der Waals surface area (Å²) in [5, 5.41) is 2.86. The Hall–Kier alpha value is -2.58. The van der Waals surface area contributed by atoms with Crippen LogP contribution in [0, 0.1) is 5.92 Å². The number of aromatic amines is 1. The van der Waals surface area contributed by atoms with Gasteiger partial charge in [0.1, 0.15) is 5.60 Å². The van der Waals surface area contributed by atoms with Crippen molar-refractivity contribution in [3.05, 3.63) is 18.2 Å². The number of methoxy groups -OCH3 is 2. The highest BCUT2D eigenvalue weighted by atomic mass is 16.6.